The maximum atomic E-state index is 5.90. The molecule has 3 heterocycles. The van der Waals surface area contributed by atoms with Crippen molar-refractivity contribution >= 4 is 27.9 Å². The van der Waals surface area contributed by atoms with Crippen molar-refractivity contribution in [2.24, 2.45) is 0 Å². The van der Waals surface area contributed by atoms with Crippen LogP contribution in [0, 0.1) is 6.92 Å². The molecular formula is C20H15ClN6OS. The minimum Gasteiger partial charge on any atom is -0.486 e. The van der Waals surface area contributed by atoms with E-state index in [0.717, 1.165) is 27.7 Å². The maximum Gasteiger partial charge on any atom is 0.235 e. The smallest absolute Gasteiger partial charge is 0.235 e. The fourth-order valence-corrected chi connectivity index (χ4v) is 3.74. The lowest BCUT2D eigenvalue weighted by Gasteiger charge is -2.02. The van der Waals surface area contributed by atoms with Crippen LogP contribution in [0.15, 0.2) is 54.6 Å². The summed E-state index contributed by atoms with van der Waals surface area (Å²) in [7, 11) is 0. The highest BCUT2D eigenvalue weighted by atomic mass is 35.5. The largest absolute Gasteiger partial charge is 0.486 e. The number of aryl methyl sites for hydroxylation is 1. The average molecular weight is 423 g/mol. The van der Waals surface area contributed by atoms with Gasteiger partial charge in [0, 0.05) is 10.6 Å². The number of H-pyrrole nitrogens is 1. The highest BCUT2D eigenvalue weighted by Crippen LogP contribution is 2.25. The molecule has 0 amide bonds. The van der Waals surface area contributed by atoms with Gasteiger partial charge >= 0.3 is 0 Å². The van der Waals surface area contributed by atoms with Crippen molar-refractivity contribution in [3.63, 3.8) is 0 Å². The quantitative estimate of drug-likeness (QED) is 0.440. The third-order valence-electron chi connectivity index (χ3n) is 4.37. The van der Waals surface area contributed by atoms with Gasteiger partial charge in [-0.2, -0.15) is 14.7 Å². The lowest BCUT2D eigenvalue weighted by molar-refractivity contribution is 0.304. The molecule has 0 aliphatic rings. The monoisotopic (exact) mass is 422 g/mol. The summed E-state index contributed by atoms with van der Waals surface area (Å²) in [5.41, 5.74) is 3.84. The van der Waals surface area contributed by atoms with Gasteiger partial charge < -0.3 is 4.74 Å². The Morgan fingerprint density at radius 1 is 1.07 bits per heavy atom. The van der Waals surface area contributed by atoms with E-state index in [1.165, 1.54) is 16.9 Å². The van der Waals surface area contributed by atoms with Crippen LogP contribution in [0.4, 0.5) is 0 Å². The molecule has 0 atom stereocenters. The van der Waals surface area contributed by atoms with Crippen LogP contribution in [0.5, 0.6) is 5.75 Å². The van der Waals surface area contributed by atoms with E-state index in [1.807, 2.05) is 30.3 Å². The molecule has 0 aliphatic carbocycles. The van der Waals surface area contributed by atoms with Crippen molar-refractivity contribution < 1.29 is 4.74 Å². The van der Waals surface area contributed by atoms with Crippen LogP contribution >= 0.6 is 22.9 Å². The summed E-state index contributed by atoms with van der Waals surface area (Å²) in [4.78, 5) is 0.696. The molecule has 0 spiro atoms. The number of rotatable bonds is 5. The number of nitrogens with one attached hydrogen (secondary N) is 1. The van der Waals surface area contributed by atoms with Crippen LogP contribution in [-0.2, 0) is 6.61 Å². The molecule has 0 bridgehead atoms. The van der Waals surface area contributed by atoms with Gasteiger partial charge in [0.1, 0.15) is 18.1 Å². The van der Waals surface area contributed by atoms with E-state index in [2.05, 4.69) is 44.5 Å². The number of benzene rings is 2. The highest BCUT2D eigenvalue weighted by molar-refractivity contribution is 7.16. The van der Waals surface area contributed by atoms with Gasteiger partial charge in [-0.05, 0) is 37.3 Å². The molecule has 0 fully saturated rings. The third kappa shape index (κ3) is 3.59. The fraction of sp³-hybridized carbons (Fsp3) is 0.100. The molecule has 1 N–H and O–H groups in total. The fourth-order valence-electron chi connectivity index (χ4n) is 2.87. The molecular weight excluding hydrogens is 408 g/mol. The van der Waals surface area contributed by atoms with Gasteiger partial charge in [-0.15, -0.1) is 10.2 Å². The van der Waals surface area contributed by atoms with Gasteiger partial charge in [-0.1, -0.05) is 52.8 Å². The van der Waals surface area contributed by atoms with Crippen molar-refractivity contribution in [3.05, 3.63) is 70.2 Å². The Bertz CT molecular complexity index is 1270. The van der Waals surface area contributed by atoms with Crippen molar-refractivity contribution in [2.75, 3.05) is 0 Å². The minimum atomic E-state index is 0.340. The molecule has 0 saturated carbocycles. The Hall–Kier alpha value is -3.23. The lowest BCUT2D eigenvalue weighted by atomic mass is 10.1. The molecule has 0 aliphatic heterocycles. The molecule has 0 saturated heterocycles. The van der Waals surface area contributed by atoms with Gasteiger partial charge in [0.25, 0.3) is 0 Å². The molecule has 0 unspecified atom stereocenters. The van der Waals surface area contributed by atoms with E-state index in [1.54, 1.807) is 16.6 Å². The van der Waals surface area contributed by atoms with Crippen LogP contribution in [-0.4, -0.2) is 30.0 Å². The van der Waals surface area contributed by atoms with E-state index in [4.69, 9.17) is 16.3 Å². The summed E-state index contributed by atoms with van der Waals surface area (Å²) < 4.78 is 7.48. The molecule has 29 heavy (non-hydrogen) atoms. The predicted octanol–water partition coefficient (Wildman–Crippen LogP) is 4.78. The van der Waals surface area contributed by atoms with Crippen LogP contribution < -0.4 is 4.74 Å². The lowest BCUT2D eigenvalue weighted by Crippen LogP contribution is -1.97. The Morgan fingerprint density at radius 2 is 1.86 bits per heavy atom. The first-order valence-corrected chi connectivity index (χ1v) is 10.1. The topological polar surface area (TPSA) is 81.0 Å². The summed E-state index contributed by atoms with van der Waals surface area (Å²) in [5, 5.41) is 22.0. The first-order chi connectivity index (χ1) is 14.2. The number of hydrogen-bond acceptors (Lipinski definition) is 6. The Balaban J connectivity index is 1.38. The number of aromatic nitrogens is 6. The summed E-state index contributed by atoms with van der Waals surface area (Å²) in [5.74, 6) is 1.34. The van der Waals surface area contributed by atoms with Gasteiger partial charge in [0.2, 0.25) is 10.8 Å². The normalized spacial score (nSPS) is 11.2. The number of ether oxygens (including phenoxy) is 1. The summed E-state index contributed by atoms with van der Waals surface area (Å²) in [6.45, 7) is 2.40. The first kappa shape index (κ1) is 17.8. The van der Waals surface area contributed by atoms with Gasteiger partial charge in [0.15, 0.2) is 5.01 Å². The molecule has 2 aromatic carbocycles. The minimum absolute atomic E-state index is 0.340. The maximum absolute atomic E-state index is 5.90. The van der Waals surface area contributed by atoms with E-state index < -0.39 is 0 Å². The third-order valence-corrected chi connectivity index (χ3v) is 5.50. The summed E-state index contributed by atoms with van der Waals surface area (Å²) >= 11 is 7.33. The van der Waals surface area contributed by atoms with E-state index >= 15 is 0 Å². The van der Waals surface area contributed by atoms with Crippen LogP contribution in [0.25, 0.3) is 27.7 Å². The summed E-state index contributed by atoms with van der Waals surface area (Å²) in [6, 6.07) is 17.4. The second-order valence-corrected chi connectivity index (χ2v) is 7.97. The zero-order valence-corrected chi connectivity index (χ0v) is 16.9. The zero-order valence-electron chi connectivity index (χ0n) is 15.3. The van der Waals surface area contributed by atoms with Gasteiger partial charge in [-0.3, -0.25) is 5.10 Å². The average Bonchev–Trinajstić information content (AvgIpc) is 3.44. The first-order valence-electron chi connectivity index (χ1n) is 8.88. The molecule has 5 aromatic rings. The van der Waals surface area contributed by atoms with Crippen molar-refractivity contribution in [3.8, 4) is 28.5 Å². The van der Waals surface area contributed by atoms with E-state index in [0.29, 0.717) is 22.4 Å². The molecule has 7 nitrogen and oxygen atoms in total. The number of nitrogens with zero attached hydrogens (tertiary/aromatic N) is 5. The number of aromatic amines is 1. The SMILES string of the molecule is Cc1ccc(-c2cc(-c3nnc4sc(COc5ccc(Cl)cc5)nn34)[nH]n2)cc1. The van der Waals surface area contributed by atoms with Crippen molar-refractivity contribution in [1.29, 1.82) is 0 Å². The highest BCUT2D eigenvalue weighted by Gasteiger charge is 2.16. The zero-order chi connectivity index (χ0) is 19.8. The molecule has 5 rings (SSSR count). The molecule has 144 valence electrons. The Labute approximate surface area is 175 Å². The molecule has 0 radical (unpaired) electrons. The number of halogens is 1. The van der Waals surface area contributed by atoms with Crippen LogP contribution in [0.3, 0.4) is 0 Å². The number of hydrogen-bond donors (Lipinski definition) is 1. The van der Waals surface area contributed by atoms with Gasteiger partial charge in [-0.25, -0.2) is 0 Å². The second-order valence-electron chi connectivity index (χ2n) is 6.49. The standard InChI is InChI=1S/C20H15ClN6OS/c1-12-2-4-13(5-3-12)16-10-17(23-22-16)19-24-25-20-27(19)26-18(29-20)11-28-15-8-6-14(21)7-9-15/h2-10H,11H2,1H3,(H,22,23). The van der Waals surface area contributed by atoms with E-state index in [9.17, 15) is 0 Å². The van der Waals surface area contributed by atoms with Crippen LogP contribution in [0.1, 0.15) is 10.6 Å². The summed E-state index contributed by atoms with van der Waals surface area (Å²) in [6.07, 6.45) is 0. The van der Waals surface area contributed by atoms with Gasteiger partial charge in [0.05, 0.1) is 5.69 Å². The van der Waals surface area contributed by atoms with Crippen molar-refractivity contribution in [1.82, 2.24) is 30.0 Å². The predicted molar refractivity (Wildman–Crippen MR) is 112 cm³/mol. The Kier molecular flexibility index (Phi) is 4.49. The molecule has 9 heteroatoms. The van der Waals surface area contributed by atoms with E-state index in [-0.39, 0.29) is 0 Å². The Morgan fingerprint density at radius 3 is 2.66 bits per heavy atom. The van der Waals surface area contributed by atoms with Crippen molar-refractivity contribution in [2.45, 2.75) is 13.5 Å². The second kappa shape index (κ2) is 7.31. The number of fused-ring (bicyclic) bond motifs is 1. The molecule has 3 aromatic heterocycles. The van der Waals surface area contributed by atoms with Crippen LogP contribution in [0.2, 0.25) is 5.02 Å².